The summed E-state index contributed by atoms with van der Waals surface area (Å²) in [6, 6.07) is 9.85. The van der Waals surface area contributed by atoms with Crippen molar-refractivity contribution in [3.05, 3.63) is 53.5 Å². The zero-order valence-electron chi connectivity index (χ0n) is 12.4. The summed E-state index contributed by atoms with van der Waals surface area (Å²) in [6.07, 6.45) is 1.62. The summed E-state index contributed by atoms with van der Waals surface area (Å²) in [5, 5.41) is 6.97. The molecule has 0 spiro atoms. The van der Waals surface area contributed by atoms with Crippen molar-refractivity contribution in [1.82, 2.24) is 16.2 Å². The standard InChI is InChI=1S/C15H18N4OS2/c1-10-6-11(2)8-12(7-10)17-15(22)19-18-14(21)16-9-13-4-3-5-20-13/h3-8H,9H2,1-2H3,(H2,16,18,21)(H2,17,19,22). The van der Waals surface area contributed by atoms with E-state index >= 15 is 0 Å². The van der Waals surface area contributed by atoms with Crippen LogP contribution in [0.2, 0.25) is 0 Å². The summed E-state index contributed by atoms with van der Waals surface area (Å²) in [5.41, 5.74) is 8.94. The number of aryl methyl sites for hydroxylation is 2. The molecule has 22 heavy (non-hydrogen) atoms. The highest BCUT2D eigenvalue weighted by molar-refractivity contribution is 7.80. The number of hydrogen-bond donors (Lipinski definition) is 4. The summed E-state index contributed by atoms with van der Waals surface area (Å²) in [6.45, 7) is 4.60. The third-order valence-electron chi connectivity index (χ3n) is 2.77. The molecule has 1 heterocycles. The maximum absolute atomic E-state index is 5.21. The predicted molar refractivity (Wildman–Crippen MR) is 96.6 cm³/mol. The second-order valence-corrected chi connectivity index (χ2v) is 5.66. The molecule has 0 amide bonds. The number of rotatable bonds is 3. The number of hydrogen-bond acceptors (Lipinski definition) is 3. The lowest BCUT2D eigenvalue weighted by atomic mass is 10.1. The van der Waals surface area contributed by atoms with E-state index in [1.54, 1.807) is 6.26 Å². The molecule has 7 heteroatoms. The van der Waals surface area contributed by atoms with E-state index in [1.807, 2.05) is 38.1 Å². The van der Waals surface area contributed by atoms with Gasteiger partial charge < -0.3 is 15.1 Å². The fourth-order valence-electron chi connectivity index (χ4n) is 1.95. The minimum atomic E-state index is 0.431. The number of hydrazine groups is 1. The monoisotopic (exact) mass is 334 g/mol. The normalized spacial score (nSPS) is 9.91. The van der Waals surface area contributed by atoms with Crippen LogP contribution < -0.4 is 21.5 Å². The maximum Gasteiger partial charge on any atom is 0.189 e. The molecule has 0 saturated heterocycles. The first kappa shape index (κ1) is 16.3. The van der Waals surface area contributed by atoms with Crippen LogP contribution in [0.5, 0.6) is 0 Å². The zero-order chi connectivity index (χ0) is 15.9. The molecule has 5 nitrogen and oxygen atoms in total. The summed E-state index contributed by atoms with van der Waals surface area (Å²) in [4.78, 5) is 0. The van der Waals surface area contributed by atoms with Crippen molar-refractivity contribution < 1.29 is 4.42 Å². The van der Waals surface area contributed by atoms with E-state index in [-0.39, 0.29) is 0 Å². The minimum Gasteiger partial charge on any atom is -0.467 e. The first-order valence-corrected chi connectivity index (χ1v) is 7.56. The van der Waals surface area contributed by atoms with Crippen molar-refractivity contribution in [2.24, 2.45) is 0 Å². The van der Waals surface area contributed by atoms with Gasteiger partial charge in [0.15, 0.2) is 10.2 Å². The third-order valence-corrected chi connectivity index (χ3v) is 3.22. The molecular weight excluding hydrogens is 316 g/mol. The summed E-state index contributed by atoms with van der Waals surface area (Å²) in [7, 11) is 0. The lowest BCUT2D eigenvalue weighted by Gasteiger charge is -2.14. The van der Waals surface area contributed by atoms with Crippen LogP contribution in [0.1, 0.15) is 16.9 Å². The quantitative estimate of drug-likeness (QED) is 0.508. The molecule has 4 N–H and O–H groups in total. The van der Waals surface area contributed by atoms with Crippen LogP contribution in [0.4, 0.5) is 5.69 Å². The topological polar surface area (TPSA) is 61.3 Å². The van der Waals surface area contributed by atoms with Crippen LogP contribution in [0, 0.1) is 13.8 Å². The molecule has 1 aromatic carbocycles. The Hall–Kier alpha value is -2.12. The number of anilines is 1. The van der Waals surface area contributed by atoms with Crippen LogP contribution in [0.3, 0.4) is 0 Å². The first-order valence-electron chi connectivity index (χ1n) is 6.74. The van der Waals surface area contributed by atoms with Crippen LogP contribution in [0.15, 0.2) is 41.0 Å². The molecule has 2 aromatic rings. The van der Waals surface area contributed by atoms with E-state index in [0.29, 0.717) is 16.8 Å². The van der Waals surface area contributed by atoms with Crippen LogP contribution in [0.25, 0.3) is 0 Å². The van der Waals surface area contributed by atoms with Crippen molar-refractivity contribution >= 4 is 40.3 Å². The first-order chi connectivity index (χ1) is 10.5. The van der Waals surface area contributed by atoms with Crippen LogP contribution in [-0.4, -0.2) is 10.2 Å². The Morgan fingerprint density at radius 3 is 2.36 bits per heavy atom. The lowest BCUT2D eigenvalue weighted by Crippen LogP contribution is -2.47. The highest BCUT2D eigenvalue weighted by Gasteiger charge is 2.01. The van der Waals surface area contributed by atoms with E-state index < -0.39 is 0 Å². The second-order valence-electron chi connectivity index (χ2n) is 4.84. The van der Waals surface area contributed by atoms with Gasteiger partial charge in [-0.25, -0.2) is 0 Å². The second kappa shape index (κ2) is 7.77. The Labute approximate surface area is 140 Å². The molecule has 0 saturated carbocycles. The van der Waals surface area contributed by atoms with Gasteiger partial charge in [0, 0.05) is 5.69 Å². The molecule has 0 unspecified atom stereocenters. The van der Waals surface area contributed by atoms with E-state index in [4.69, 9.17) is 28.9 Å². The van der Waals surface area contributed by atoms with Crippen molar-refractivity contribution in [2.45, 2.75) is 20.4 Å². The van der Waals surface area contributed by atoms with Gasteiger partial charge in [0.1, 0.15) is 5.76 Å². The minimum absolute atomic E-state index is 0.431. The van der Waals surface area contributed by atoms with Gasteiger partial charge in [-0.1, -0.05) is 6.07 Å². The molecule has 1 aromatic heterocycles. The molecule has 0 radical (unpaired) electrons. The zero-order valence-corrected chi connectivity index (χ0v) is 14.0. The Morgan fingerprint density at radius 1 is 1.05 bits per heavy atom. The Bertz CT molecular complexity index is 635. The lowest BCUT2D eigenvalue weighted by molar-refractivity contribution is 0.502. The summed E-state index contributed by atoms with van der Waals surface area (Å²) in [5.74, 6) is 0.806. The summed E-state index contributed by atoms with van der Waals surface area (Å²) >= 11 is 10.4. The Balaban J connectivity index is 1.73. The Morgan fingerprint density at radius 2 is 1.73 bits per heavy atom. The van der Waals surface area contributed by atoms with Gasteiger partial charge >= 0.3 is 0 Å². The maximum atomic E-state index is 5.21. The Kier molecular flexibility index (Phi) is 5.74. The average Bonchev–Trinajstić information content (AvgIpc) is 2.95. The predicted octanol–water partition coefficient (Wildman–Crippen LogP) is 2.76. The molecule has 0 aliphatic heterocycles. The van der Waals surface area contributed by atoms with Crippen LogP contribution in [-0.2, 0) is 6.54 Å². The van der Waals surface area contributed by atoms with E-state index in [2.05, 4.69) is 27.6 Å². The smallest absolute Gasteiger partial charge is 0.189 e. The molecule has 0 aliphatic rings. The van der Waals surface area contributed by atoms with Gasteiger partial charge in [-0.05, 0) is 73.7 Å². The van der Waals surface area contributed by atoms with Crippen LogP contribution >= 0.6 is 24.4 Å². The van der Waals surface area contributed by atoms with E-state index in [0.717, 1.165) is 11.4 Å². The molecule has 2 rings (SSSR count). The van der Waals surface area contributed by atoms with Crippen molar-refractivity contribution in [3.63, 3.8) is 0 Å². The fraction of sp³-hybridized carbons (Fsp3) is 0.200. The van der Waals surface area contributed by atoms with Crippen molar-refractivity contribution in [3.8, 4) is 0 Å². The van der Waals surface area contributed by atoms with Gasteiger partial charge in [0.2, 0.25) is 0 Å². The van der Waals surface area contributed by atoms with Gasteiger partial charge in [-0.15, -0.1) is 0 Å². The largest absolute Gasteiger partial charge is 0.467 e. The van der Waals surface area contributed by atoms with Gasteiger partial charge in [0.05, 0.1) is 12.8 Å². The third kappa shape index (κ3) is 5.34. The average molecular weight is 334 g/mol. The molecule has 0 fully saturated rings. The molecule has 0 aliphatic carbocycles. The number of thiocarbonyl (C=S) groups is 2. The number of nitrogens with one attached hydrogen (secondary N) is 4. The highest BCUT2D eigenvalue weighted by atomic mass is 32.1. The van der Waals surface area contributed by atoms with Gasteiger partial charge in [-0.3, -0.25) is 10.9 Å². The number of furan rings is 1. The SMILES string of the molecule is Cc1cc(C)cc(NC(=S)NNC(=S)NCc2ccco2)c1. The van der Waals surface area contributed by atoms with Crippen molar-refractivity contribution in [1.29, 1.82) is 0 Å². The highest BCUT2D eigenvalue weighted by Crippen LogP contribution is 2.13. The van der Waals surface area contributed by atoms with Gasteiger partial charge in [-0.2, -0.15) is 0 Å². The fourth-order valence-corrected chi connectivity index (χ4v) is 2.24. The molecule has 0 atom stereocenters. The molecule has 116 valence electrons. The summed E-state index contributed by atoms with van der Waals surface area (Å²) < 4.78 is 5.20. The molecule has 0 bridgehead atoms. The van der Waals surface area contributed by atoms with E-state index in [1.165, 1.54) is 11.1 Å². The number of benzene rings is 1. The molecular formula is C15H18N4OS2. The van der Waals surface area contributed by atoms with Crippen molar-refractivity contribution in [2.75, 3.05) is 5.32 Å². The van der Waals surface area contributed by atoms with Gasteiger partial charge in [0.25, 0.3) is 0 Å². The van der Waals surface area contributed by atoms with E-state index in [9.17, 15) is 0 Å².